The smallest absolute Gasteiger partial charge is 0.321 e. The van der Waals surface area contributed by atoms with Crippen LogP contribution in [0.5, 0.6) is 0 Å². The second-order valence-electron chi connectivity index (χ2n) is 8.62. The average Bonchev–Trinajstić information content (AvgIpc) is 3.48. The molecule has 0 radical (unpaired) electrons. The van der Waals surface area contributed by atoms with E-state index in [1.54, 1.807) is 16.2 Å². The van der Waals surface area contributed by atoms with Crippen molar-refractivity contribution >= 4 is 28.0 Å². The number of hydrogen-bond donors (Lipinski definition) is 1. The summed E-state index contributed by atoms with van der Waals surface area (Å²) in [5.74, 6) is -1.49. The Balaban J connectivity index is 1.30. The van der Waals surface area contributed by atoms with Gasteiger partial charge in [-0.25, -0.2) is 18.6 Å². The lowest BCUT2D eigenvalue weighted by Gasteiger charge is -2.30. The van der Waals surface area contributed by atoms with E-state index in [-0.39, 0.29) is 5.69 Å². The molecule has 188 valence electrons. The topological polar surface area (TPSA) is 62.1 Å². The van der Waals surface area contributed by atoms with Gasteiger partial charge in [0.25, 0.3) is 0 Å². The molecule has 1 aliphatic heterocycles. The Morgan fingerprint density at radius 2 is 1.92 bits per heavy atom. The number of aromatic nitrogens is 2. The maximum absolute atomic E-state index is 14.2. The van der Waals surface area contributed by atoms with E-state index < -0.39 is 17.7 Å². The summed E-state index contributed by atoms with van der Waals surface area (Å²) < 4.78 is 34.9. The number of anilines is 1. The van der Waals surface area contributed by atoms with Gasteiger partial charge in [0, 0.05) is 68.0 Å². The summed E-state index contributed by atoms with van der Waals surface area (Å²) in [4.78, 5) is 22.7. The molecule has 4 aromatic rings. The zero-order valence-electron chi connectivity index (χ0n) is 19.7. The zero-order valence-corrected chi connectivity index (χ0v) is 20.5. The number of carbonyl (C=O) groups excluding carboxylic acids is 1. The second kappa shape index (κ2) is 11.2. The molecule has 0 bridgehead atoms. The van der Waals surface area contributed by atoms with Crippen LogP contribution in [0.4, 0.5) is 19.3 Å². The minimum absolute atomic E-state index is 0.0437. The molecule has 0 atom stereocenters. The van der Waals surface area contributed by atoms with Crippen molar-refractivity contribution in [1.82, 2.24) is 19.2 Å². The van der Waals surface area contributed by atoms with Gasteiger partial charge in [0.2, 0.25) is 0 Å². The molecule has 1 N–H and O–H groups in total. The van der Waals surface area contributed by atoms with Gasteiger partial charge in [-0.3, -0.25) is 9.30 Å². The number of halogens is 2. The molecule has 1 fully saturated rings. The Labute approximate surface area is 211 Å². The summed E-state index contributed by atoms with van der Waals surface area (Å²) in [6, 6.07) is 12.7. The number of imidazole rings is 1. The van der Waals surface area contributed by atoms with Crippen LogP contribution in [0.2, 0.25) is 0 Å². The molecule has 36 heavy (non-hydrogen) atoms. The van der Waals surface area contributed by atoms with E-state index in [0.29, 0.717) is 39.3 Å². The number of urea groups is 1. The predicted molar refractivity (Wildman–Crippen MR) is 136 cm³/mol. The van der Waals surface area contributed by atoms with Crippen molar-refractivity contribution in [2.45, 2.75) is 6.42 Å². The number of benzene rings is 2. The van der Waals surface area contributed by atoms with Crippen LogP contribution in [-0.4, -0.2) is 71.2 Å². The standard InChI is InChI=1S/C26H27F2N5O2S/c27-20-6-7-23(22(28)16-20)29-25(34)32(11-10-31-12-14-35-15-13-31)9-8-21-18-36-26-30-24(17-33(21)26)19-4-2-1-3-5-19/h1-7,16-18H,8-15H2,(H,29,34). The van der Waals surface area contributed by atoms with Gasteiger partial charge in [-0.05, 0) is 12.1 Å². The largest absolute Gasteiger partial charge is 0.379 e. The highest BCUT2D eigenvalue weighted by molar-refractivity contribution is 7.15. The van der Waals surface area contributed by atoms with E-state index in [9.17, 15) is 13.6 Å². The summed E-state index contributed by atoms with van der Waals surface area (Å²) in [6.07, 6.45) is 2.62. The first kappa shape index (κ1) is 24.4. The van der Waals surface area contributed by atoms with Crippen molar-refractivity contribution in [3.05, 3.63) is 77.4 Å². The fraction of sp³-hybridized carbons (Fsp3) is 0.308. The third kappa shape index (κ3) is 5.72. The van der Waals surface area contributed by atoms with Crippen LogP contribution >= 0.6 is 11.3 Å². The summed E-state index contributed by atoms with van der Waals surface area (Å²) in [7, 11) is 0. The number of hydrogen-bond acceptors (Lipinski definition) is 5. The second-order valence-corrected chi connectivity index (χ2v) is 9.45. The lowest BCUT2D eigenvalue weighted by Crippen LogP contribution is -2.45. The van der Waals surface area contributed by atoms with Gasteiger partial charge in [0.05, 0.1) is 24.6 Å². The molecule has 0 aliphatic carbocycles. The first-order valence-electron chi connectivity index (χ1n) is 11.9. The minimum atomic E-state index is -0.803. The molecule has 7 nitrogen and oxygen atoms in total. The highest BCUT2D eigenvalue weighted by atomic mass is 32.1. The van der Waals surface area contributed by atoms with E-state index in [1.165, 1.54) is 6.07 Å². The van der Waals surface area contributed by atoms with Gasteiger partial charge < -0.3 is 15.0 Å². The fourth-order valence-corrected chi connectivity index (χ4v) is 5.10. The molecular formula is C26H27F2N5O2S. The number of morpholine rings is 1. The van der Waals surface area contributed by atoms with Crippen LogP contribution in [0.3, 0.4) is 0 Å². The quantitative estimate of drug-likeness (QED) is 0.371. The van der Waals surface area contributed by atoms with Gasteiger partial charge in [0.1, 0.15) is 11.6 Å². The van der Waals surface area contributed by atoms with E-state index in [2.05, 4.69) is 20.0 Å². The molecule has 2 amide bonds. The Hall–Kier alpha value is -3.34. The highest BCUT2D eigenvalue weighted by Crippen LogP contribution is 2.24. The van der Waals surface area contributed by atoms with Crippen LogP contribution in [0.25, 0.3) is 16.2 Å². The highest BCUT2D eigenvalue weighted by Gasteiger charge is 2.19. The van der Waals surface area contributed by atoms with Crippen molar-refractivity contribution in [3.63, 3.8) is 0 Å². The molecule has 1 aliphatic rings. The zero-order chi connectivity index (χ0) is 24.9. The maximum atomic E-state index is 14.2. The monoisotopic (exact) mass is 511 g/mol. The molecule has 10 heteroatoms. The molecule has 2 aromatic carbocycles. The lowest BCUT2D eigenvalue weighted by molar-refractivity contribution is 0.0352. The van der Waals surface area contributed by atoms with Crippen LogP contribution in [0, 0.1) is 11.6 Å². The fourth-order valence-electron chi connectivity index (χ4n) is 4.19. The van der Waals surface area contributed by atoms with Gasteiger partial charge in [-0.1, -0.05) is 30.3 Å². The van der Waals surface area contributed by atoms with Gasteiger partial charge in [0.15, 0.2) is 4.96 Å². The molecule has 0 unspecified atom stereocenters. The Kier molecular flexibility index (Phi) is 7.55. The molecule has 0 saturated carbocycles. The average molecular weight is 512 g/mol. The number of carbonyl (C=O) groups is 1. The number of amides is 2. The van der Waals surface area contributed by atoms with Crippen molar-refractivity contribution in [3.8, 4) is 11.3 Å². The molecule has 2 aromatic heterocycles. The number of nitrogens with zero attached hydrogens (tertiary/aromatic N) is 4. The Morgan fingerprint density at radius 1 is 1.11 bits per heavy atom. The third-order valence-electron chi connectivity index (χ3n) is 6.24. The van der Waals surface area contributed by atoms with Crippen LogP contribution in [0.15, 0.2) is 60.1 Å². The summed E-state index contributed by atoms with van der Waals surface area (Å²) in [5.41, 5.74) is 2.95. The van der Waals surface area contributed by atoms with Crippen molar-refractivity contribution in [1.29, 1.82) is 0 Å². The maximum Gasteiger partial charge on any atom is 0.321 e. The Morgan fingerprint density at radius 3 is 2.69 bits per heavy atom. The van der Waals surface area contributed by atoms with Crippen LogP contribution in [0.1, 0.15) is 5.69 Å². The lowest BCUT2D eigenvalue weighted by atomic mass is 10.2. The first-order valence-corrected chi connectivity index (χ1v) is 12.8. The molecule has 3 heterocycles. The summed E-state index contributed by atoms with van der Waals surface area (Å²) in [6.45, 7) is 4.55. The molecule has 5 rings (SSSR count). The van der Waals surface area contributed by atoms with Crippen LogP contribution in [-0.2, 0) is 11.2 Å². The first-order chi connectivity index (χ1) is 17.6. The van der Waals surface area contributed by atoms with Crippen molar-refractivity contribution in [2.75, 3.05) is 51.3 Å². The van der Waals surface area contributed by atoms with Crippen LogP contribution < -0.4 is 5.32 Å². The number of nitrogens with one attached hydrogen (secondary N) is 1. The van der Waals surface area contributed by atoms with E-state index >= 15 is 0 Å². The van der Waals surface area contributed by atoms with Gasteiger partial charge in [-0.15, -0.1) is 11.3 Å². The normalized spacial score (nSPS) is 14.3. The summed E-state index contributed by atoms with van der Waals surface area (Å²) in [5, 5.41) is 4.65. The molecule has 0 spiro atoms. The SMILES string of the molecule is O=C(Nc1ccc(F)cc1F)N(CCc1csc2nc(-c3ccccc3)cn12)CCN1CCOCC1. The number of thiazole rings is 1. The predicted octanol–water partition coefficient (Wildman–Crippen LogP) is 4.75. The third-order valence-corrected chi connectivity index (χ3v) is 7.13. The van der Waals surface area contributed by atoms with E-state index in [0.717, 1.165) is 47.1 Å². The van der Waals surface area contributed by atoms with E-state index in [4.69, 9.17) is 9.72 Å². The summed E-state index contributed by atoms with van der Waals surface area (Å²) >= 11 is 1.56. The minimum Gasteiger partial charge on any atom is -0.379 e. The van der Waals surface area contributed by atoms with Crippen molar-refractivity contribution < 1.29 is 18.3 Å². The molecule has 1 saturated heterocycles. The Bertz CT molecular complexity index is 1320. The van der Waals surface area contributed by atoms with Gasteiger partial charge in [-0.2, -0.15) is 0 Å². The van der Waals surface area contributed by atoms with Crippen molar-refractivity contribution in [2.24, 2.45) is 0 Å². The molecular weight excluding hydrogens is 484 g/mol. The van der Waals surface area contributed by atoms with Gasteiger partial charge >= 0.3 is 6.03 Å². The number of ether oxygens (including phenoxy) is 1. The number of fused-ring (bicyclic) bond motifs is 1. The number of rotatable bonds is 8. The van der Waals surface area contributed by atoms with E-state index in [1.807, 2.05) is 36.5 Å².